The van der Waals surface area contributed by atoms with Crippen molar-refractivity contribution in [3.05, 3.63) is 30.3 Å². The highest BCUT2D eigenvalue weighted by molar-refractivity contribution is 5.78. The molecule has 0 aliphatic carbocycles. The van der Waals surface area contributed by atoms with Gasteiger partial charge >= 0.3 is 0 Å². The van der Waals surface area contributed by atoms with Crippen LogP contribution in [0.1, 0.15) is 26.2 Å². The third-order valence-corrected chi connectivity index (χ3v) is 4.98. The first kappa shape index (κ1) is 17.2. The van der Waals surface area contributed by atoms with E-state index >= 15 is 0 Å². The Hall–Kier alpha value is -1.59. The lowest BCUT2D eigenvalue weighted by atomic mass is 10.1. The molecule has 3 rings (SSSR count). The Labute approximate surface area is 144 Å². The molecule has 24 heavy (non-hydrogen) atoms. The van der Waals surface area contributed by atoms with Crippen molar-refractivity contribution in [1.82, 2.24) is 10.2 Å². The van der Waals surface area contributed by atoms with Gasteiger partial charge in [0.1, 0.15) is 5.75 Å². The molecule has 3 atom stereocenters. The van der Waals surface area contributed by atoms with Crippen LogP contribution in [-0.4, -0.2) is 55.8 Å². The van der Waals surface area contributed by atoms with Crippen LogP contribution in [0.4, 0.5) is 0 Å². The fourth-order valence-electron chi connectivity index (χ4n) is 3.40. The molecular formula is C19H28N2O3. The summed E-state index contributed by atoms with van der Waals surface area (Å²) in [5.41, 5.74) is 0. The topological polar surface area (TPSA) is 50.8 Å². The highest BCUT2D eigenvalue weighted by Crippen LogP contribution is 2.22. The predicted octanol–water partition coefficient (Wildman–Crippen LogP) is 2.07. The highest BCUT2D eigenvalue weighted by atomic mass is 16.5. The van der Waals surface area contributed by atoms with E-state index in [9.17, 15) is 4.79 Å². The molecule has 0 unspecified atom stereocenters. The van der Waals surface area contributed by atoms with Gasteiger partial charge in [-0.15, -0.1) is 0 Å². The minimum atomic E-state index is -0.0585. The lowest BCUT2D eigenvalue weighted by molar-refractivity contribution is -0.126. The van der Waals surface area contributed by atoms with Gasteiger partial charge in [0.05, 0.1) is 19.3 Å². The first-order valence-electron chi connectivity index (χ1n) is 9.03. The van der Waals surface area contributed by atoms with E-state index in [0.29, 0.717) is 25.6 Å². The standard InChI is InChI=1S/C19H28N2O3/c1-15(9-11-23-17-7-3-2-4-8-17)19(22)20-12-18-13-21-10-5-6-16(21)14-24-18/h2-4,7-8,15-16,18H,5-6,9-14H2,1H3,(H,20,22)/t15-,16+,18-/m1/s1. The molecule has 1 amide bonds. The van der Waals surface area contributed by atoms with Gasteiger partial charge in [0.15, 0.2) is 0 Å². The van der Waals surface area contributed by atoms with Crippen molar-refractivity contribution < 1.29 is 14.3 Å². The number of para-hydroxylation sites is 1. The number of benzene rings is 1. The molecular weight excluding hydrogens is 304 g/mol. The average Bonchev–Trinajstić information content (AvgIpc) is 3.08. The van der Waals surface area contributed by atoms with Crippen LogP contribution in [0, 0.1) is 5.92 Å². The average molecular weight is 332 g/mol. The Morgan fingerprint density at radius 3 is 3.08 bits per heavy atom. The van der Waals surface area contributed by atoms with Gasteiger partial charge in [-0.1, -0.05) is 25.1 Å². The van der Waals surface area contributed by atoms with Crippen LogP contribution in [0.3, 0.4) is 0 Å². The molecule has 1 aromatic rings. The molecule has 2 aliphatic heterocycles. The summed E-state index contributed by atoms with van der Waals surface area (Å²) in [6.07, 6.45) is 3.35. The lowest BCUT2D eigenvalue weighted by Crippen LogP contribution is -2.50. The highest BCUT2D eigenvalue weighted by Gasteiger charge is 2.32. The number of morpholine rings is 1. The van der Waals surface area contributed by atoms with Crippen molar-refractivity contribution in [1.29, 1.82) is 0 Å². The van der Waals surface area contributed by atoms with Crippen molar-refractivity contribution in [2.75, 3.05) is 32.8 Å². The molecule has 0 aromatic heterocycles. The zero-order valence-electron chi connectivity index (χ0n) is 14.4. The Morgan fingerprint density at radius 1 is 1.42 bits per heavy atom. The lowest BCUT2D eigenvalue weighted by Gasteiger charge is -2.35. The molecule has 1 N–H and O–H groups in total. The number of nitrogens with one attached hydrogen (secondary N) is 1. The third kappa shape index (κ3) is 4.71. The number of hydrogen-bond acceptors (Lipinski definition) is 4. The zero-order chi connectivity index (χ0) is 16.8. The zero-order valence-corrected chi connectivity index (χ0v) is 14.4. The number of rotatable bonds is 7. The van der Waals surface area contributed by atoms with Crippen LogP contribution in [0.15, 0.2) is 30.3 Å². The number of nitrogens with zero attached hydrogens (tertiary/aromatic N) is 1. The minimum absolute atomic E-state index is 0.0585. The Morgan fingerprint density at radius 2 is 2.25 bits per heavy atom. The van der Waals surface area contributed by atoms with E-state index in [1.807, 2.05) is 37.3 Å². The second kappa shape index (κ2) is 8.49. The van der Waals surface area contributed by atoms with Crippen LogP contribution >= 0.6 is 0 Å². The van der Waals surface area contributed by atoms with Crippen LogP contribution in [-0.2, 0) is 9.53 Å². The summed E-state index contributed by atoms with van der Waals surface area (Å²) in [4.78, 5) is 14.7. The molecule has 0 saturated carbocycles. The molecule has 0 spiro atoms. The summed E-state index contributed by atoms with van der Waals surface area (Å²) < 4.78 is 11.5. The van der Waals surface area contributed by atoms with Gasteiger partial charge < -0.3 is 14.8 Å². The van der Waals surface area contributed by atoms with E-state index < -0.39 is 0 Å². The second-order valence-corrected chi connectivity index (χ2v) is 6.84. The van der Waals surface area contributed by atoms with Gasteiger partial charge in [-0.25, -0.2) is 0 Å². The SMILES string of the molecule is C[C@H](CCOc1ccccc1)C(=O)NC[C@@H]1CN2CCC[C@H]2CO1. The van der Waals surface area contributed by atoms with Gasteiger partial charge in [0, 0.05) is 25.0 Å². The first-order chi connectivity index (χ1) is 11.7. The summed E-state index contributed by atoms with van der Waals surface area (Å²) in [5.74, 6) is 0.872. The fraction of sp³-hybridized carbons (Fsp3) is 0.632. The molecule has 2 aliphatic rings. The third-order valence-electron chi connectivity index (χ3n) is 4.98. The van der Waals surface area contributed by atoms with Crippen molar-refractivity contribution in [2.45, 2.75) is 38.3 Å². The second-order valence-electron chi connectivity index (χ2n) is 6.84. The molecule has 1 aromatic carbocycles. The fourth-order valence-corrected chi connectivity index (χ4v) is 3.40. The van der Waals surface area contributed by atoms with Crippen molar-refractivity contribution in [2.24, 2.45) is 5.92 Å². The maximum absolute atomic E-state index is 12.2. The van der Waals surface area contributed by atoms with E-state index in [-0.39, 0.29) is 17.9 Å². The van der Waals surface area contributed by atoms with E-state index in [4.69, 9.17) is 9.47 Å². The van der Waals surface area contributed by atoms with Gasteiger partial charge in [-0.3, -0.25) is 9.69 Å². The monoisotopic (exact) mass is 332 g/mol. The summed E-state index contributed by atoms with van der Waals surface area (Å²) in [5, 5.41) is 3.03. The van der Waals surface area contributed by atoms with E-state index in [0.717, 1.165) is 18.9 Å². The molecule has 2 heterocycles. The van der Waals surface area contributed by atoms with E-state index in [1.54, 1.807) is 0 Å². The summed E-state index contributed by atoms with van der Waals surface area (Å²) in [7, 11) is 0. The smallest absolute Gasteiger partial charge is 0.223 e. The van der Waals surface area contributed by atoms with Crippen molar-refractivity contribution in [3.8, 4) is 5.75 Å². The van der Waals surface area contributed by atoms with Crippen LogP contribution < -0.4 is 10.1 Å². The van der Waals surface area contributed by atoms with E-state index in [2.05, 4.69) is 10.2 Å². The van der Waals surface area contributed by atoms with Gasteiger partial charge in [0.2, 0.25) is 5.91 Å². The first-order valence-corrected chi connectivity index (χ1v) is 9.03. The molecule has 2 fully saturated rings. The van der Waals surface area contributed by atoms with Gasteiger partial charge in [0.25, 0.3) is 0 Å². The van der Waals surface area contributed by atoms with Crippen molar-refractivity contribution in [3.63, 3.8) is 0 Å². The van der Waals surface area contributed by atoms with Crippen molar-refractivity contribution >= 4 is 5.91 Å². The minimum Gasteiger partial charge on any atom is -0.494 e. The Bertz CT molecular complexity index is 523. The molecule has 5 nitrogen and oxygen atoms in total. The Kier molecular flexibility index (Phi) is 6.10. The van der Waals surface area contributed by atoms with E-state index in [1.165, 1.54) is 19.4 Å². The summed E-state index contributed by atoms with van der Waals surface area (Å²) >= 11 is 0. The van der Waals surface area contributed by atoms with Gasteiger partial charge in [-0.05, 0) is 37.9 Å². The predicted molar refractivity (Wildman–Crippen MR) is 93.1 cm³/mol. The molecule has 2 saturated heterocycles. The maximum Gasteiger partial charge on any atom is 0.223 e. The number of carbonyl (C=O) groups excluding carboxylic acids is 1. The molecule has 0 radical (unpaired) electrons. The van der Waals surface area contributed by atoms with Crippen LogP contribution in [0.2, 0.25) is 0 Å². The largest absolute Gasteiger partial charge is 0.494 e. The normalized spacial score (nSPS) is 25.0. The number of amides is 1. The number of ether oxygens (including phenoxy) is 2. The summed E-state index contributed by atoms with van der Waals surface area (Å²) in [6, 6.07) is 10.3. The number of hydrogen-bond donors (Lipinski definition) is 1. The van der Waals surface area contributed by atoms with Crippen LogP contribution in [0.25, 0.3) is 0 Å². The quantitative estimate of drug-likeness (QED) is 0.830. The van der Waals surface area contributed by atoms with Gasteiger partial charge in [-0.2, -0.15) is 0 Å². The molecule has 5 heteroatoms. The Balaban J connectivity index is 1.32. The maximum atomic E-state index is 12.2. The number of fused-ring (bicyclic) bond motifs is 1. The summed E-state index contributed by atoms with van der Waals surface area (Å²) in [6.45, 7) is 6.02. The van der Waals surface area contributed by atoms with Crippen LogP contribution in [0.5, 0.6) is 5.75 Å². The number of carbonyl (C=O) groups is 1. The molecule has 132 valence electrons. The molecule has 0 bridgehead atoms.